The Morgan fingerprint density at radius 1 is 0.621 bits per heavy atom. The van der Waals surface area contributed by atoms with Gasteiger partial charge in [-0.1, -0.05) is 103 Å². The first-order chi connectivity index (χ1) is 28.8. The van der Waals surface area contributed by atoms with Crippen molar-refractivity contribution in [1.29, 1.82) is 0 Å². The second-order valence-electron chi connectivity index (χ2n) is 16.6. The number of hydrogen-bond acceptors (Lipinski definition) is 5. The Kier molecular flexibility index (Phi) is 5.72. The highest BCUT2D eigenvalue weighted by atomic mass is 32.1. The van der Waals surface area contributed by atoms with Crippen molar-refractivity contribution >= 4 is 103 Å². The van der Waals surface area contributed by atoms with Crippen molar-refractivity contribution in [3.05, 3.63) is 178 Å². The van der Waals surface area contributed by atoms with Crippen LogP contribution in [0, 0.1) is 5.92 Å². The Bertz CT molecular complexity index is 3560. The Labute approximate surface area is 341 Å². The molecule has 58 heavy (non-hydrogen) atoms. The topological polar surface area (TPSA) is 34.0 Å². The second kappa shape index (κ2) is 10.8. The highest BCUT2D eigenvalue weighted by Gasteiger charge is 2.46. The van der Waals surface area contributed by atoms with Gasteiger partial charge in [0.05, 0.1) is 28.5 Å². The molecule has 0 saturated heterocycles. The largest absolute Gasteiger partial charge is 0.332 e. The lowest BCUT2D eigenvalue weighted by Gasteiger charge is -2.37. The lowest BCUT2D eigenvalue weighted by atomic mass is 9.67. The molecule has 0 radical (unpaired) electrons. The van der Waals surface area contributed by atoms with Crippen LogP contribution < -0.4 is 4.90 Å². The molecular weight excluding hydrogens is 745 g/mol. The van der Waals surface area contributed by atoms with Crippen LogP contribution in [0.4, 0.5) is 11.4 Å². The summed E-state index contributed by atoms with van der Waals surface area (Å²) in [5, 5.41) is 6.38. The van der Waals surface area contributed by atoms with E-state index in [-0.39, 0.29) is 12.0 Å². The maximum atomic E-state index is 5.74. The summed E-state index contributed by atoms with van der Waals surface area (Å²) in [6.45, 7) is 0. The molecule has 4 unspecified atom stereocenters. The average Bonchev–Trinajstić information content (AvgIpc) is 4.01. The second-order valence-corrected chi connectivity index (χ2v) is 18.7. The summed E-state index contributed by atoms with van der Waals surface area (Å²) in [7, 11) is 0. The lowest BCUT2D eigenvalue weighted by molar-refractivity contribution is 0.657. The molecular formula is C52H32N4S2. The van der Waals surface area contributed by atoms with E-state index >= 15 is 0 Å². The fourth-order valence-corrected chi connectivity index (χ4v) is 14.0. The highest BCUT2D eigenvalue weighted by Crippen LogP contribution is 2.62. The first-order valence-electron chi connectivity index (χ1n) is 20.5. The molecule has 4 aliphatic carbocycles. The predicted molar refractivity (Wildman–Crippen MR) is 243 cm³/mol. The first-order valence-corrected chi connectivity index (χ1v) is 22.1. The molecule has 4 atom stereocenters. The van der Waals surface area contributed by atoms with E-state index in [4.69, 9.17) is 9.97 Å². The number of thiophene rings is 2. The Morgan fingerprint density at radius 2 is 1.47 bits per heavy atom. The van der Waals surface area contributed by atoms with E-state index in [0.717, 1.165) is 40.2 Å². The number of hydrogen-bond donors (Lipinski definition) is 0. The molecule has 6 aliphatic rings. The minimum Gasteiger partial charge on any atom is -0.332 e. The summed E-state index contributed by atoms with van der Waals surface area (Å²) < 4.78 is 4.96. The number of fused-ring (bicyclic) bond motifs is 12. The molecule has 0 fully saturated rings. The van der Waals surface area contributed by atoms with Crippen molar-refractivity contribution in [1.82, 2.24) is 14.5 Å². The van der Waals surface area contributed by atoms with Crippen LogP contribution in [0.15, 0.2) is 145 Å². The predicted octanol–water partition coefficient (Wildman–Crippen LogP) is 13.9. The third-order valence-corrected chi connectivity index (χ3v) is 16.2. The van der Waals surface area contributed by atoms with Crippen molar-refractivity contribution in [2.75, 3.05) is 4.90 Å². The standard InChI is InChI=1S/C52H32N4S2/c1-2-12-30-28(10-1)29-11-3-4-13-31(29)36-26-27(20-21-32(30)36)49-44-35-15-6-8-19-41(35)58-51(44)54-52(53-49)56-39-18-9-17-38-45(39)46-40(56)23-25-42-47(46)48-43(57-42)24-22-34-33-14-5-7-16-37(33)55(38)50(34)48/h2-9,11-26,32,34,36,50H,1,10H2. The van der Waals surface area contributed by atoms with Crippen molar-refractivity contribution in [2.45, 2.75) is 30.7 Å². The van der Waals surface area contributed by atoms with Crippen LogP contribution in [0.25, 0.3) is 75.4 Å². The smallest absolute Gasteiger partial charge is 0.236 e. The fraction of sp³-hybridized carbons (Fsp3) is 0.115. The first kappa shape index (κ1) is 30.8. The quantitative estimate of drug-likeness (QED) is 0.175. The zero-order valence-corrected chi connectivity index (χ0v) is 32.8. The van der Waals surface area contributed by atoms with Crippen molar-refractivity contribution in [2.24, 2.45) is 5.92 Å². The lowest BCUT2D eigenvalue weighted by Crippen LogP contribution is -2.22. The number of nitrogens with zero attached hydrogens (tertiary/aromatic N) is 4. The summed E-state index contributed by atoms with van der Waals surface area (Å²) in [5.41, 5.74) is 15.8. The van der Waals surface area contributed by atoms with Gasteiger partial charge in [0.15, 0.2) is 0 Å². The average molecular weight is 777 g/mol. The third-order valence-electron chi connectivity index (χ3n) is 14.0. The van der Waals surface area contributed by atoms with Gasteiger partial charge in [-0.15, -0.1) is 22.7 Å². The number of rotatable bonds is 2. The van der Waals surface area contributed by atoms with Crippen LogP contribution in [0.3, 0.4) is 0 Å². The Balaban J connectivity index is 1.02. The van der Waals surface area contributed by atoms with E-state index < -0.39 is 0 Å². The summed E-state index contributed by atoms with van der Waals surface area (Å²) >= 11 is 3.71. The molecule has 2 aliphatic heterocycles. The molecule has 0 saturated carbocycles. The van der Waals surface area contributed by atoms with Crippen molar-refractivity contribution in [3.8, 4) is 5.95 Å². The molecule has 0 spiro atoms. The van der Waals surface area contributed by atoms with Crippen LogP contribution in [-0.2, 0) is 0 Å². The number of benzene rings is 5. The maximum absolute atomic E-state index is 5.74. The summed E-state index contributed by atoms with van der Waals surface area (Å²) in [4.78, 5) is 16.3. The molecule has 5 aromatic carbocycles. The number of aromatic nitrogens is 3. The zero-order valence-electron chi connectivity index (χ0n) is 31.2. The minimum absolute atomic E-state index is 0.232. The molecule has 272 valence electrons. The van der Waals surface area contributed by atoms with E-state index in [0.29, 0.717) is 11.8 Å². The van der Waals surface area contributed by atoms with Crippen LogP contribution in [0.2, 0.25) is 0 Å². The maximum Gasteiger partial charge on any atom is 0.236 e. The van der Waals surface area contributed by atoms with Gasteiger partial charge in [0.1, 0.15) is 4.83 Å². The van der Waals surface area contributed by atoms with Gasteiger partial charge in [-0.2, -0.15) is 0 Å². The van der Waals surface area contributed by atoms with Crippen LogP contribution >= 0.6 is 22.7 Å². The minimum atomic E-state index is 0.232. The Hall–Kier alpha value is -6.34. The van der Waals surface area contributed by atoms with E-state index in [1.807, 2.05) is 11.3 Å². The van der Waals surface area contributed by atoms with E-state index in [2.05, 4.69) is 155 Å². The SMILES string of the molecule is C1=CC2=C(CC1)c1ccccc1C1C=C(c3nc(-n4c5cccc6c5c5c7c8c(sc7ccc54)C=CC4c5ccccc5N6C84)nc4sc5ccccc5c34)C=CC21. The van der Waals surface area contributed by atoms with Gasteiger partial charge in [0, 0.05) is 70.2 Å². The normalized spacial score (nSPS) is 21.8. The van der Waals surface area contributed by atoms with E-state index in [1.54, 1.807) is 11.3 Å². The molecule has 0 bridgehead atoms. The van der Waals surface area contributed by atoms with Gasteiger partial charge >= 0.3 is 0 Å². The monoisotopic (exact) mass is 776 g/mol. The number of anilines is 2. The molecule has 4 aromatic heterocycles. The summed E-state index contributed by atoms with van der Waals surface area (Å²) in [5.74, 6) is 1.59. The van der Waals surface area contributed by atoms with Gasteiger partial charge < -0.3 is 4.90 Å². The van der Waals surface area contributed by atoms with E-state index in [1.165, 1.54) is 91.7 Å². The summed E-state index contributed by atoms with van der Waals surface area (Å²) in [6.07, 6.45) is 19.2. The fourth-order valence-electron chi connectivity index (χ4n) is 11.7. The van der Waals surface area contributed by atoms with Crippen molar-refractivity contribution in [3.63, 3.8) is 0 Å². The van der Waals surface area contributed by atoms with Gasteiger partial charge in [0.25, 0.3) is 0 Å². The molecule has 0 N–H and O–H groups in total. The highest BCUT2D eigenvalue weighted by molar-refractivity contribution is 7.25. The zero-order chi connectivity index (χ0) is 37.4. The molecule has 6 heterocycles. The number of para-hydroxylation sites is 1. The van der Waals surface area contributed by atoms with Gasteiger partial charge in [-0.05, 0) is 88.7 Å². The van der Waals surface area contributed by atoms with Gasteiger partial charge in [-0.3, -0.25) is 4.57 Å². The van der Waals surface area contributed by atoms with Gasteiger partial charge in [0.2, 0.25) is 5.95 Å². The summed E-state index contributed by atoms with van der Waals surface area (Å²) in [6, 6.07) is 38.7. The number of allylic oxidation sites excluding steroid dienone is 8. The molecule has 0 amide bonds. The van der Waals surface area contributed by atoms with Crippen molar-refractivity contribution < 1.29 is 0 Å². The van der Waals surface area contributed by atoms with Crippen LogP contribution in [0.5, 0.6) is 0 Å². The van der Waals surface area contributed by atoms with Crippen LogP contribution in [0.1, 0.15) is 63.5 Å². The Morgan fingerprint density at radius 3 is 2.45 bits per heavy atom. The third kappa shape index (κ3) is 3.68. The molecule has 4 nitrogen and oxygen atoms in total. The molecule has 15 rings (SSSR count). The van der Waals surface area contributed by atoms with Crippen LogP contribution in [-0.4, -0.2) is 14.5 Å². The van der Waals surface area contributed by atoms with Gasteiger partial charge in [-0.25, -0.2) is 9.97 Å². The molecule has 6 heteroatoms. The van der Waals surface area contributed by atoms with E-state index in [9.17, 15) is 0 Å². The molecule has 9 aromatic rings.